The van der Waals surface area contributed by atoms with Gasteiger partial charge in [0, 0.05) is 31.7 Å². The molecule has 0 aliphatic rings. The van der Waals surface area contributed by atoms with Gasteiger partial charge in [0.1, 0.15) is 5.75 Å². The highest BCUT2D eigenvalue weighted by atomic mass is 16.5. The second kappa shape index (κ2) is 4.83. The van der Waals surface area contributed by atoms with Crippen LogP contribution in [0.15, 0.2) is 12.4 Å². The van der Waals surface area contributed by atoms with Crippen LogP contribution in [0.2, 0.25) is 0 Å². The van der Waals surface area contributed by atoms with Crippen LogP contribution in [0.5, 0.6) is 5.75 Å². The molecule has 0 spiro atoms. The van der Waals surface area contributed by atoms with E-state index in [0.29, 0.717) is 0 Å². The number of rotatable bonds is 5. The van der Waals surface area contributed by atoms with E-state index in [4.69, 9.17) is 9.47 Å². The third-order valence-corrected chi connectivity index (χ3v) is 1.80. The molecular formula is C9H15NO2. The summed E-state index contributed by atoms with van der Waals surface area (Å²) in [4.78, 5) is 3.01. The summed E-state index contributed by atoms with van der Waals surface area (Å²) < 4.78 is 10.1. The smallest absolute Gasteiger partial charge is 0.139 e. The Morgan fingerprint density at radius 2 is 2.17 bits per heavy atom. The molecule has 1 aromatic rings. The minimum absolute atomic E-state index is 0.800. The van der Waals surface area contributed by atoms with Crippen molar-refractivity contribution in [3.8, 4) is 5.75 Å². The van der Waals surface area contributed by atoms with Crippen molar-refractivity contribution >= 4 is 0 Å². The molecule has 0 aliphatic carbocycles. The van der Waals surface area contributed by atoms with Crippen molar-refractivity contribution < 1.29 is 9.47 Å². The van der Waals surface area contributed by atoms with Crippen molar-refractivity contribution in [2.24, 2.45) is 0 Å². The number of aryl methyl sites for hydroxylation is 1. The van der Waals surface area contributed by atoms with E-state index in [1.54, 1.807) is 14.2 Å². The highest BCUT2D eigenvalue weighted by Crippen LogP contribution is 2.17. The molecule has 0 bridgehead atoms. The summed E-state index contributed by atoms with van der Waals surface area (Å²) in [6, 6.07) is 0. The Morgan fingerprint density at radius 3 is 2.83 bits per heavy atom. The first kappa shape index (κ1) is 9.13. The zero-order valence-corrected chi connectivity index (χ0v) is 7.59. The number of aromatic amines is 1. The Bertz CT molecular complexity index is 220. The van der Waals surface area contributed by atoms with Crippen LogP contribution in [0.25, 0.3) is 0 Å². The molecule has 0 saturated heterocycles. The molecule has 1 N–H and O–H groups in total. The topological polar surface area (TPSA) is 34.2 Å². The van der Waals surface area contributed by atoms with Crippen molar-refractivity contribution in [1.82, 2.24) is 4.98 Å². The molecule has 0 aromatic carbocycles. The summed E-state index contributed by atoms with van der Waals surface area (Å²) in [5.74, 6) is 0.936. The predicted octanol–water partition coefficient (Wildman–Crippen LogP) is 1.60. The van der Waals surface area contributed by atoms with E-state index >= 15 is 0 Å². The molecule has 0 atom stereocenters. The van der Waals surface area contributed by atoms with Crippen LogP contribution in [0.4, 0.5) is 0 Å². The Hall–Kier alpha value is -0.960. The fourth-order valence-electron chi connectivity index (χ4n) is 1.17. The zero-order valence-electron chi connectivity index (χ0n) is 7.59. The Morgan fingerprint density at radius 1 is 1.33 bits per heavy atom. The number of nitrogens with one attached hydrogen (secondary N) is 1. The first-order valence-electron chi connectivity index (χ1n) is 4.07. The molecule has 1 rings (SSSR count). The van der Waals surface area contributed by atoms with Crippen molar-refractivity contribution in [3.05, 3.63) is 18.0 Å². The molecule has 1 aromatic heterocycles. The third kappa shape index (κ3) is 2.27. The quantitative estimate of drug-likeness (QED) is 0.679. The fourth-order valence-corrected chi connectivity index (χ4v) is 1.17. The van der Waals surface area contributed by atoms with E-state index < -0.39 is 0 Å². The second-order valence-electron chi connectivity index (χ2n) is 2.65. The number of ether oxygens (including phenoxy) is 2. The highest BCUT2D eigenvalue weighted by Gasteiger charge is 2.01. The van der Waals surface area contributed by atoms with Gasteiger partial charge < -0.3 is 14.5 Å². The van der Waals surface area contributed by atoms with Gasteiger partial charge in [-0.3, -0.25) is 0 Å². The lowest BCUT2D eigenvalue weighted by Crippen LogP contribution is -1.93. The monoisotopic (exact) mass is 169 g/mol. The molecular weight excluding hydrogens is 154 g/mol. The molecule has 0 amide bonds. The van der Waals surface area contributed by atoms with Gasteiger partial charge in [-0.05, 0) is 12.8 Å². The lowest BCUT2D eigenvalue weighted by molar-refractivity contribution is 0.195. The molecule has 0 unspecified atom stereocenters. The van der Waals surface area contributed by atoms with Crippen molar-refractivity contribution in [1.29, 1.82) is 0 Å². The summed E-state index contributed by atoms with van der Waals surface area (Å²) in [5.41, 5.74) is 1.22. The summed E-state index contributed by atoms with van der Waals surface area (Å²) in [7, 11) is 3.40. The summed E-state index contributed by atoms with van der Waals surface area (Å²) in [5, 5.41) is 0. The normalized spacial score (nSPS) is 10.2. The lowest BCUT2D eigenvalue weighted by atomic mass is 10.2. The molecule has 68 valence electrons. The number of hydrogen-bond acceptors (Lipinski definition) is 2. The van der Waals surface area contributed by atoms with Gasteiger partial charge in [-0.2, -0.15) is 0 Å². The average molecular weight is 169 g/mol. The Kier molecular flexibility index (Phi) is 3.67. The van der Waals surface area contributed by atoms with Gasteiger partial charge in [0.15, 0.2) is 0 Å². The predicted molar refractivity (Wildman–Crippen MR) is 47.5 cm³/mol. The van der Waals surface area contributed by atoms with Gasteiger partial charge >= 0.3 is 0 Å². The Labute approximate surface area is 72.7 Å². The maximum atomic E-state index is 5.14. The molecule has 0 saturated carbocycles. The maximum absolute atomic E-state index is 5.14. The third-order valence-electron chi connectivity index (χ3n) is 1.80. The minimum atomic E-state index is 0.800. The van der Waals surface area contributed by atoms with E-state index in [2.05, 4.69) is 4.98 Å². The molecule has 1 heterocycles. The van der Waals surface area contributed by atoms with Crippen LogP contribution < -0.4 is 4.74 Å². The van der Waals surface area contributed by atoms with Crippen LogP contribution >= 0.6 is 0 Å². The van der Waals surface area contributed by atoms with Gasteiger partial charge in [0.2, 0.25) is 0 Å². The summed E-state index contributed by atoms with van der Waals surface area (Å²) in [6.07, 6.45) is 5.86. The first-order valence-corrected chi connectivity index (χ1v) is 4.07. The van der Waals surface area contributed by atoms with E-state index in [0.717, 1.165) is 25.2 Å². The molecule has 12 heavy (non-hydrogen) atoms. The zero-order chi connectivity index (χ0) is 8.81. The van der Waals surface area contributed by atoms with Gasteiger partial charge in [0.05, 0.1) is 7.11 Å². The number of aromatic nitrogens is 1. The lowest BCUT2D eigenvalue weighted by Gasteiger charge is -2.01. The number of hydrogen-bond donors (Lipinski definition) is 1. The highest BCUT2D eigenvalue weighted by molar-refractivity contribution is 5.29. The van der Waals surface area contributed by atoms with E-state index in [-0.39, 0.29) is 0 Å². The van der Waals surface area contributed by atoms with Gasteiger partial charge in [-0.25, -0.2) is 0 Å². The standard InChI is InChI=1S/C9H15NO2/c1-11-5-3-4-8-6-10-7-9(8)12-2/h6-7,10H,3-5H2,1-2H3. The largest absolute Gasteiger partial charge is 0.495 e. The molecule has 0 radical (unpaired) electrons. The maximum Gasteiger partial charge on any atom is 0.139 e. The Balaban J connectivity index is 2.39. The van der Waals surface area contributed by atoms with Crippen LogP contribution in [-0.4, -0.2) is 25.8 Å². The van der Waals surface area contributed by atoms with E-state index in [1.165, 1.54) is 5.56 Å². The minimum Gasteiger partial charge on any atom is -0.495 e. The molecule has 3 heteroatoms. The van der Waals surface area contributed by atoms with Gasteiger partial charge in [0.25, 0.3) is 0 Å². The van der Waals surface area contributed by atoms with Crippen LogP contribution in [0.3, 0.4) is 0 Å². The molecule has 0 aliphatic heterocycles. The van der Waals surface area contributed by atoms with Gasteiger partial charge in [-0.15, -0.1) is 0 Å². The van der Waals surface area contributed by atoms with Crippen molar-refractivity contribution in [2.75, 3.05) is 20.8 Å². The van der Waals surface area contributed by atoms with Crippen LogP contribution in [-0.2, 0) is 11.2 Å². The summed E-state index contributed by atoms with van der Waals surface area (Å²) in [6.45, 7) is 0.800. The van der Waals surface area contributed by atoms with Crippen LogP contribution in [0.1, 0.15) is 12.0 Å². The molecule has 3 nitrogen and oxygen atoms in total. The second-order valence-corrected chi connectivity index (χ2v) is 2.65. The fraction of sp³-hybridized carbons (Fsp3) is 0.556. The van der Waals surface area contributed by atoms with Crippen molar-refractivity contribution in [3.63, 3.8) is 0 Å². The van der Waals surface area contributed by atoms with Crippen LogP contribution in [0, 0.1) is 0 Å². The summed E-state index contributed by atoms with van der Waals surface area (Å²) >= 11 is 0. The SMILES string of the molecule is COCCCc1c[nH]cc1OC. The number of H-pyrrole nitrogens is 1. The van der Waals surface area contributed by atoms with E-state index in [9.17, 15) is 0 Å². The molecule has 0 fully saturated rings. The average Bonchev–Trinajstić information content (AvgIpc) is 2.52. The van der Waals surface area contributed by atoms with Crippen molar-refractivity contribution in [2.45, 2.75) is 12.8 Å². The van der Waals surface area contributed by atoms with Gasteiger partial charge in [-0.1, -0.05) is 0 Å². The van der Waals surface area contributed by atoms with E-state index in [1.807, 2.05) is 12.4 Å². The first-order chi connectivity index (χ1) is 5.88. The number of methoxy groups -OCH3 is 2.